The molecule has 0 saturated carbocycles. The third-order valence-corrected chi connectivity index (χ3v) is 5.23. The van der Waals surface area contributed by atoms with Crippen LogP contribution in [0.15, 0.2) is 126 Å². The van der Waals surface area contributed by atoms with Crippen molar-refractivity contribution in [1.82, 2.24) is 0 Å². The van der Waals surface area contributed by atoms with Crippen molar-refractivity contribution in [3.05, 3.63) is 132 Å². The summed E-state index contributed by atoms with van der Waals surface area (Å²) >= 11 is 0. The molecule has 1 aliphatic rings. The first-order valence-corrected chi connectivity index (χ1v) is 10.4. The molecule has 0 radical (unpaired) electrons. The molecule has 32 heavy (non-hydrogen) atoms. The van der Waals surface area contributed by atoms with Crippen LogP contribution in [0, 0.1) is 0 Å². The number of benzene rings is 4. The van der Waals surface area contributed by atoms with Gasteiger partial charge in [-0.25, -0.2) is 4.79 Å². The highest BCUT2D eigenvalue weighted by Crippen LogP contribution is 2.34. The number of carbonyl (C=O) groups is 1. The molecule has 0 atom stereocenters. The SMILES string of the molecule is O=C1ON=C(c2ccccc2)C1=Cc1ccc(N(c2ccccc2)c2ccccc2)cc1. The van der Waals surface area contributed by atoms with Crippen molar-refractivity contribution >= 4 is 34.8 Å². The smallest absolute Gasteiger partial charge is 0.312 e. The first kappa shape index (κ1) is 19.5. The number of hydrogen-bond acceptors (Lipinski definition) is 4. The van der Waals surface area contributed by atoms with Crippen molar-refractivity contribution in [1.29, 1.82) is 0 Å². The van der Waals surface area contributed by atoms with Crippen LogP contribution in [0.5, 0.6) is 0 Å². The summed E-state index contributed by atoms with van der Waals surface area (Å²) < 4.78 is 0. The third-order valence-electron chi connectivity index (χ3n) is 5.23. The van der Waals surface area contributed by atoms with Crippen LogP contribution in [-0.4, -0.2) is 11.7 Å². The molecule has 1 heterocycles. The number of anilines is 3. The number of nitrogens with zero attached hydrogens (tertiary/aromatic N) is 2. The van der Waals surface area contributed by atoms with Crippen LogP contribution in [0.1, 0.15) is 11.1 Å². The second kappa shape index (κ2) is 8.74. The number of para-hydroxylation sites is 2. The largest absolute Gasteiger partial charge is 0.368 e. The fourth-order valence-electron chi connectivity index (χ4n) is 3.70. The van der Waals surface area contributed by atoms with Gasteiger partial charge in [0.25, 0.3) is 0 Å². The molecule has 0 unspecified atom stereocenters. The molecule has 4 aromatic carbocycles. The van der Waals surface area contributed by atoms with E-state index in [1.807, 2.05) is 97.1 Å². The maximum atomic E-state index is 12.3. The van der Waals surface area contributed by atoms with Crippen LogP contribution in [0.2, 0.25) is 0 Å². The fraction of sp³-hybridized carbons (Fsp3) is 0. The Morgan fingerprint density at radius 2 is 1.12 bits per heavy atom. The van der Waals surface area contributed by atoms with Gasteiger partial charge < -0.3 is 9.74 Å². The van der Waals surface area contributed by atoms with Gasteiger partial charge in [0.2, 0.25) is 0 Å². The van der Waals surface area contributed by atoms with Gasteiger partial charge in [-0.1, -0.05) is 84.0 Å². The minimum Gasteiger partial charge on any atom is -0.312 e. The van der Waals surface area contributed by atoms with Gasteiger partial charge in [-0.15, -0.1) is 0 Å². The van der Waals surface area contributed by atoms with E-state index in [0.29, 0.717) is 11.3 Å². The van der Waals surface area contributed by atoms with Crippen LogP contribution in [0.3, 0.4) is 0 Å². The van der Waals surface area contributed by atoms with Gasteiger partial charge in [0.05, 0.1) is 5.57 Å². The number of carbonyl (C=O) groups excluding carboxylic acids is 1. The normalized spacial score (nSPS) is 14.2. The highest BCUT2D eigenvalue weighted by atomic mass is 16.7. The van der Waals surface area contributed by atoms with E-state index >= 15 is 0 Å². The average molecular weight is 416 g/mol. The van der Waals surface area contributed by atoms with E-state index in [2.05, 4.69) is 34.3 Å². The zero-order valence-electron chi connectivity index (χ0n) is 17.3. The topological polar surface area (TPSA) is 41.9 Å². The molecule has 5 rings (SSSR count). The third kappa shape index (κ3) is 3.94. The Bertz CT molecular complexity index is 1240. The van der Waals surface area contributed by atoms with E-state index in [-0.39, 0.29) is 0 Å². The fourth-order valence-corrected chi connectivity index (χ4v) is 3.70. The quantitative estimate of drug-likeness (QED) is 0.275. The second-order valence-corrected chi connectivity index (χ2v) is 7.34. The summed E-state index contributed by atoms with van der Waals surface area (Å²) in [5.74, 6) is -0.442. The summed E-state index contributed by atoms with van der Waals surface area (Å²) in [6.45, 7) is 0. The summed E-state index contributed by atoms with van der Waals surface area (Å²) in [4.78, 5) is 19.4. The van der Waals surface area contributed by atoms with Crippen molar-refractivity contribution < 1.29 is 9.63 Å². The van der Waals surface area contributed by atoms with Gasteiger partial charge in [0.1, 0.15) is 5.71 Å². The average Bonchev–Trinajstić information content (AvgIpc) is 3.22. The van der Waals surface area contributed by atoms with Crippen molar-refractivity contribution in [2.24, 2.45) is 5.16 Å². The molecule has 4 aromatic rings. The molecule has 0 aromatic heterocycles. The highest BCUT2D eigenvalue weighted by molar-refractivity contribution is 6.31. The van der Waals surface area contributed by atoms with E-state index in [4.69, 9.17) is 4.84 Å². The summed E-state index contributed by atoms with van der Waals surface area (Å²) in [6, 6.07) is 38.1. The number of oxime groups is 1. The monoisotopic (exact) mass is 416 g/mol. The summed E-state index contributed by atoms with van der Waals surface area (Å²) in [5.41, 5.74) is 5.91. The van der Waals surface area contributed by atoms with Gasteiger partial charge >= 0.3 is 5.97 Å². The van der Waals surface area contributed by atoms with Gasteiger partial charge in [-0.3, -0.25) is 0 Å². The van der Waals surface area contributed by atoms with Crippen molar-refractivity contribution in [2.45, 2.75) is 0 Å². The molecular weight excluding hydrogens is 396 g/mol. The maximum Gasteiger partial charge on any atom is 0.368 e. The lowest BCUT2D eigenvalue weighted by Crippen LogP contribution is -2.09. The van der Waals surface area contributed by atoms with E-state index in [0.717, 1.165) is 28.2 Å². The number of rotatable bonds is 5. The second-order valence-electron chi connectivity index (χ2n) is 7.34. The van der Waals surface area contributed by atoms with Crippen LogP contribution in [0.25, 0.3) is 6.08 Å². The Labute approximate surface area is 186 Å². The van der Waals surface area contributed by atoms with Crippen molar-refractivity contribution in [3.8, 4) is 0 Å². The highest BCUT2D eigenvalue weighted by Gasteiger charge is 2.26. The minimum absolute atomic E-state index is 0.442. The first-order valence-electron chi connectivity index (χ1n) is 10.4. The molecule has 0 amide bonds. The van der Waals surface area contributed by atoms with E-state index in [9.17, 15) is 4.79 Å². The molecule has 1 aliphatic heterocycles. The lowest BCUT2D eigenvalue weighted by atomic mass is 10.0. The van der Waals surface area contributed by atoms with Crippen LogP contribution < -0.4 is 4.90 Å². The molecule has 0 fully saturated rings. The molecular formula is C28H20N2O2. The summed E-state index contributed by atoms with van der Waals surface area (Å²) in [5, 5.41) is 3.98. The Kier molecular flexibility index (Phi) is 5.33. The standard InChI is InChI=1S/C28H20N2O2/c31-28-26(27(29-32-28)22-10-4-1-5-11-22)20-21-16-18-25(19-17-21)30(23-12-6-2-7-13-23)24-14-8-3-9-15-24/h1-20H. The molecule has 0 spiro atoms. The summed E-state index contributed by atoms with van der Waals surface area (Å²) in [6.07, 6.45) is 1.82. The molecule has 4 heteroatoms. The maximum absolute atomic E-state index is 12.3. The van der Waals surface area contributed by atoms with Crippen molar-refractivity contribution in [2.75, 3.05) is 4.90 Å². The lowest BCUT2D eigenvalue weighted by Gasteiger charge is -2.25. The predicted octanol–water partition coefficient (Wildman–Crippen LogP) is 6.50. The molecule has 0 aliphatic carbocycles. The Hall–Kier alpha value is -4.44. The van der Waals surface area contributed by atoms with E-state index in [1.54, 1.807) is 0 Å². The van der Waals surface area contributed by atoms with Gasteiger partial charge in [0.15, 0.2) is 0 Å². The zero-order valence-corrected chi connectivity index (χ0v) is 17.3. The lowest BCUT2D eigenvalue weighted by molar-refractivity contribution is -0.136. The molecule has 4 nitrogen and oxygen atoms in total. The molecule has 0 N–H and O–H groups in total. The zero-order chi connectivity index (χ0) is 21.8. The van der Waals surface area contributed by atoms with Gasteiger partial charge in [-0.2, -0.15) is 0 Å². The van der Waals surface area contributed by atoms with E-state index < -0.39 is 5.97 Å². The Morgan fingerprint density at radius 1 is 0.625 bits per heavy atom. The molecule has 0 bridgehead atoms. The van der Waals surface area contributed by atoms with Crippen molar-refractivity contribution in [3.63, 3.8) is 0 Å². The molecule has 154 valence electrons. The van der Waals surface area contributed by atoms with Crippen LogP contribution in [-0.2, 0) is 9.63 Å². The minimum atomic E-state index is -0.442. The van der Waals surface area contributed by atoms with Gasteiger partial charge in [0, 0.05) is 22.6 Å². The Balaban J connectivity index is 1.49. The summed E-state index contributed by atoms with van der Waals surface area (Å²) in [7, 11) is 0. The first-order chi connectivity index (χ1) is 15.8. The van der Waals surface area contributed by atoms with E-state index in [1.165, 1.54) is 0 Å². The van der Waals surface area contributed by atoms with Crippen LogP contribution in [0.4, 0.5) is 17.1 Å². The van der Waals surface area contributed by atoms with Gasteiger partial charge in [-0.05, 0) is 48.0 Å². The Morgan fingerprint density at radius 3 is 1.69 bits per heavy atom. The van der Waals surface area contributed by atoms with Crippen LogP contribution >= 0.6 is 0 Å². The molecule has 0 saturated heterocycles. The predicted molar refractivity (Wildman–Crippen MR) is 128 cm³/mol. The number of hydrogen-bond donors (Lipinski definition) is 0.